The maximum Gasteiger partial charge on any atom is 0.255 e. The lowest BCUT2D eigenvalue weighted by atomic mass is 10.1. The number of phenolic OH excluding ortho intramolecular Hbond substituents is 1. The Morgan fingerprint density at radius 3 is 2.55 bits per heavy atom. The molecule has 2 aromatic rings. The molecule has 0 spiro atoms. The minimum atomic E-state index is -0.612. The van der Waals surface area contributed by atoms with Crippen LogP contribution in [0.15, 0.2) is 42.5 Å². The molecule has 0 heterocycles. The molecule has 2 N–H and O–H groups in total. The van der Waals surface area contributed by atoms with Gasteiger partial charge in [-0.15, -0.1) is 0 Å². The summed E-state index contributed by atoms with van der Waals surface area (Å²) in [4.78, 5) is 11.8. The highest BCUT2D eigenvalue weighted by molar-refractivity contribution is 5.96. The van der Waals surface area contributed by atoms with Crippen LogP contribution in [0.25, 0.3) is 0 Å². The maximum atomic E-state index is 13.0. The Kier molecular flexibility index (Phi) is 4.30. The van der Waals surface area contributed by atoms with E-state index in [1.807, 2.05) is 0 Å². The quantitative estimate of drug-likeness (QED) is 0.902. The van der Waals surface area contributed by atoms with Gasteiger partial charge in [0.25, 0.3) is 5.91 Å². The maximum absolute atomic E-state index is 13.0. The van der Waals surface area contributed by atoms with E-state index >= 15 is 0 Å². The van der Waals surface area contributed by atoms with Gasteiger partial charge >= 0.3 is 0 Å². The summed E-state index contributed by atoms with van der Waals surface area (Å²) in [5.41, 5.74) is 0.763. The summed E-state index contributed by atoms with van der Waals surface area (Å²) >= 11 is 0. The average molecular weight is 277 g/mol. The van der Waals surface area contributed by atoms with Gasteiger partial charge in [-0.3, -0.25) is 4.79 Å². The Hall–Kier alpha value is -2.43. The summed E-state index contributed by atoms with van der Waals surface area (Å²) in [6.07, 6.45) is 0.464. The molecule has 104 valence electrons. The highest BCUT2D eigenvalue weighted by atomic mass is 19.1. The van der Waals surface area contributed by atoms with Gasteiger partial charge in [0.2, 0.25) is 0 Å². The second-order valence-electron chi connectivity index (χ2n) is 4.30. The fourth-order valence-corrected chi connectivity index (χ4v) is 1.80. The number of carbonyl (C=O) groups excluding carboxylic acids is 1. The molecule has 0 atom stereocenters. The summed E-state index contributed by atoms with van der Waals surface area (Å²) in [5.74, 6) is -1.85. The minimum absolute atomic E-state index is 0.00522. The van der Waals surface area contributed by atoms with Gasteiger partial charge in [-0.2, -0.15) is 0 Å². The molecule has 0 saturated heterocycles. The number of rotatable bonds is 4. The van der Waals surface area contributed by atoms with Crippen LogP contribution < -0.4 is 5.32 Å². The van der Waals surface area contributed by atoms with Crippen LogP contribution in [0.3, 0.4) is 0 Å². The van der Waals surface area contributed by atoms with Crippen molar-refractivity contribution < 1.29 is 18.7 Å². The van der Waals surface area contributed by atoms with Crippen LogP contribution in [0.2, 0.25) is 0 Å². The van der Waals surface area contributed by atoms with E-state index in [1.165, 1.54) is 18.2 Å². The monoisotopic (exact) mass is 277 g/mol. The van der Waals surface area contributed by atoms with Crippen molar-refractivity contribution in [1.29, 1.82) is 0 Å². The van der Waals surface area contributed by atoms with E-state index in [1.54, 1.807) is 12.1 Å². The molecule has 5 heteroatoms. The van der Waals surface area contributed by atoms with Crippen molar-refractivity contribution in [2.45, 2.75) is 6.42 Å². The Bertz CT molecular complexity index is 629. The molecule has 0 saturated carbocycles. The lowest BCUT2D eigenvalue weighted by Gasteiger charge is -2.07. The van der Waals surface area contributed by atoms with Crippen molar-refractivity contribution in [2.24, 2.45) is 0 Å². The molecule has 0 unspecified atom stereocenters. The van der Waals surface area contributed by atoms with Gasteiger partial charge in [0.1, 0.15) is 17.4 Å². The van der Waals surface area contributed by atoms with Crippen molar-refractivity contribution in [1.82, 2.24) is 5.32 Å². The van der Waals surface area contributed by atoms with Crippen molar-refractivity contribution >= 4 is 5.91 Å². The molecule has 1 amide bonds. The standard InChI is InChI=1S/C15H13F2NO2/c16-11-3-1-2-10(8-11)6-7-18-15(20)13-5-4-12(17)9-14(13)19/h1-5,8-9,19H,6-7H2,(H,18,20). The highest BCUT2D eigenvalue weighted by Crippen LogP contribution is 2.17. The predicted molar refractivity (Wildman–Crippen MR) is 70.5 cm³/mol. The SMILES string of the molecule is O=C(NCCc1cccc(F)c1)c1ccc(F)cc1O. The van der Waals surface area contributed by atoms with E-state index in [0.717, 1.165) is 17.7 Å². The van der Waals surface area contributed by atoms with Crippen LogP contribution in [0.4, 0.5) is 8.78 Å². The first-order chi connectivity index (χ1) is 9.56. The van der Waals surface area contributed by atoms with E-state index in [4.69, 9.17) is 0 Å². The number of benzene rings is 2. The predicted octanol–water partition coefficient (Wildman–Crippen LogP) is 2.64. The molecule has 2 rings (SSSR count). The number of nitrogens with one attached hydrogen (secondary N) is 1. The molecular weight excluding hydrogens is 264 g/mol. The summed E-state index contributed by atoms with van der Waals surface area (Å²) in [5, 5.41) is 12.0. The molecule has 20 heavy (non-hydrogen) atoms. The van der Waals surface area contributed by atoms with Crippen molar-refractivity contribution in [3.8, 4) is 5.75 Å². The first-order valence-corrected chi connectivity index (χ1v) is 6.07. The zero-order valence-electron chi connectivity index (χ0n) is 10.6. The van der Waals surface area contributed by atoms with Crippen LogP contribution >= 0.6 is 0 Å². The molecule has 3 nitrogen and oxygen atoms in total. The highest BCUT2D eigenvalue weighted by Gasteiger charge is 2.11. The Morgan fingerprint density at radius 2 is 1.85 bits per heavy atom. The van der Waals surface area contributed by atoms with Crippen LogP contribution in [-0.4, -0.2) is 17.6 Å². The molecule has 0 aliphatic heterocycles. The second kappa shape index (κ2) is 6.14. The fourth-order valence-electron chi connectivity index (χ4n) is 1.80. The van der Waals surface area contributed by atoms with Crippen molar-refractivity contribution in [3.63, 3.8) is 0 Å². The van der Waals surface area contributed by atoms with Crippen molar-refractivity contribution in [3.05, 3.63) is 65.2 Å². The van der Waals surface area contributed by atoms with Crippen LogP contribution in [-0.2, 0) is 6.42 Å². The van der Waals surface area contributed by atoms with E-state index in [0.29, 0.717) is 13.0 Å². The van der Waals surface area contributed by atoms with Crippen molar-refractivity contribution in [2.75, 3.05) is 6.54 Å². The molecule has 0 fully saturated rings. The van der Waals surface area contributed by atoms with Gasteiger partial charge in [-0.25, -0.2) is 8.78 Å². The lowest BCUT2D eigenvalue weighted by Crippen LogP contribution is -2.25. The third kappa shape index (κ3) is 3.54. The summed E-state index contributed by atoms with van der Waals surface area (Å²) < 4.78 is 25.7. The van der Waals surface area contributed by atoms with Crippen LogP contribution in [0.5, 0.6) is 5.75 Å². The van der Waals surface area contributed by atoms with Gasteiger partial charge in [-0.1, -0.05) is 12.1 Å². The number of aromatic hydroxyl groups is 1. The Labute approximate surface area is 114 Å². The van der Waals surface area contributed by atoms with Gasteiger partial charge in [0, 0.05) is 12.6 Å². The second-order valence-corrected chi connectivity index (χ2v) is 4.30. The number of halogens is 2. The van der Waals surface area contributed by atoms with E-state index in [9.17, 15) is 18.7 Å². The first kappa shape index (κ1) is 14.0. The normalized spacial score (nSPS) is 10.3. The van der Waals surface area contributed by atoms with E-state index in [2.05, 4.69) is 5.32 Å². The summed E-state index contributed by atoms with van der Waals surface area (Å²) in [7, 11) is 0. The Balaban J connectivity index is 1.92. The van der Waals surface area contributed by atoms with Crippen LogP contribution in [0, 0.1) is 11.6 Å². The summed E-state index contributed by atoms with van der Waals surface area (Å²) in [6.45, 7) is 0.291. The number of phenols is 1. The largest absolute Gasteiger partial charge is 0.507 e. The van der Waals surface area contributed by atoms with Gasteiger partial charge in [0.15, 0.2) is 0 Å². The molecular formula is C15H13F2NO2. The third-order valence-corrected chi connectivity index (χ3v) is 2.79. The lowest BCUT2D eigenvalue weighted by molar-refractivity contribution is 0.0951. The number of carbonyl (C=O) groups is 1. The van der Waals surface area contributed by atoms with Gasteiger partial charge < -0.3 is 10.4 Å². The summed E-state index contributed by atoms with van der Waals surface area (Å²) in [6, 6.07) is 9.27. The smallest absolute Gasteiger partial charge is 0.255 e. The zero-order chi connectivity index (χ0) is 14.5. The topological polar surface area (TPSA) is 49.3 Å². The van der Waals surface area contributed by atoms with Gasteiger partial charge in [0.05, 0.1) is 5.56 Å². The average Bonchev–Trinajstić information content (AvgIpc) is 2.38. The molecule has 0 aromatic heterocycles. The van der Waals surface area contributed by atoms with Crippen LogP contribution in [0.1, 0.15) is 15.9 Å². The molecule has 0 aliphatic carbocycles. The third-order valence-electron chi connectivity index (χ3n) is 2.79. The molecule has 0 radical (unpaired) electrons. The zero-order valence-corrected chi connectivity index (χ0v) is 10.6. The Morgan fingerprint density at radius 1 is 1.10 bits per heavy atom. The van der Waals surface area contributed by atoms with E-state index in [-0.39, 0.29) is 11.4 Å². The number of hydrogen-bond donors (Lipinski definition) is 2. The van der Waals surface area contributed by atoms with E-state index < -0.39 is 17.5 Å². The molecule has 2 aromatic carbocycles. The number of amides is 1. The molecule has 0 aliphatic rings. The first-order valence-electron chi connectivity index (χ1n) is 6.07. The minimum Gasteiger partial charge on any atom is -0.507 e. The van der Waals surface area contributed by atoms with Gasteiger partial charge in [-0.05, 0) is 36.2 Å². The fraction of sp³-hybridized carbons (Fsp3) is 0.133. The molecule has 0 bridgehead atoms. The number of hydrogen-bond acceptors (Lipinski definition) is 2.